The van der Waals surface area contributed by atoms with Crippen LogP contribution in [0.3, 0.4) is 0 Å². The molecule has 0 aliphatic rings. The van der Waals surface area contributed by atoms with Crippen LogP contribution >= 0.6 is 11.3 Å². The number of nitrogens with one attached hydrogen (secondary N) is 2. The molecule has 0 atom stereocenters. The van der Waals surface area contributed by atoms with E-state index in [1.807, 2.05) is 57.2 Å². The average molecular weight is 531 g/mol. The van der Waals surface area contributed by atoms with E-state index >= 15 is 0 Å². The van der Waals surface area contributed by atoms with Gasteiger partial charge in [-0.2, -0.15) is 10.1 Å². The SMILES string of the molecule is CCn1nc(C)cc1C(=O)Nc1ccc(C)c(-c2noc(-c3sc(Nc4ccc(CO)cc4)nc3N)n2)c1. The minimum Gasteiger partial charge on any atom is -0.392 e. The molecule has 1 amide bonds. The number of hydrogen-bond donors (Lipinski definition) is 4. The van der Waals surface area contributed by atoms with Crippen molar-refractivity contribution in [3.05, 3.63) is 71.0 Å². The monoisotopic (exact) mass is 530 g/mol. The van der Waals surface area contributed by atoms with Crippen molar-refractivity contribution in [2.75, 3.05) is 16.4 Å². The molecule has 0 aliphatic heterocycles. The predicted octanol–water partition coefficient (Wildman–Crippen LogP) is 4.76. The Morgan fingerprint density at radius 2 is 1.87 bits per heavy atom. The van der Waals surface area contributed by atoms with Gasteiger partial charge in [-0.25, -0.2) is 4.98 Å². The summed E-state index contributed by atoms with van der Waals surface area (Å²) < 4.78 is 7.20. The molecule has 0 unspecified atom stereocenters. The van der Waals surface area contributed by atoms with Gasteiger partial charge in [0.1, 0.15) is 16.4 Å². The first-order valence-corrected chi connectivity index (χ1v) is 12.7. The number of anilines is 4. The Labute approximate surface area is 222 Å². The highest BCUT2D eigenvalue weighted by Gasteiger charge is 2.20. The highest BCUT2D eigenvalue weighted by atomic mass is 32.1. The molecule has 0 aliphatic carbocycles. The zero-order chi connectivity index (χ0) is 26.8. The number of carbonyl (C=O) groups is 1. The van der Waals surface area contributed by atoms with Gasteiger partial charge >= 0.3 is 0 Å². The van der Waals surface area contributed by atoms with E-state index in [1.54, 1.807) is 16.8 Å². The summed E-state index contributed by atoms with van der Waals surface area (Å²) in [6.45, 7) is 6.29. The molecule has 0 saturated carbocycles. The van der Waals surface area contributed by atoms with Crippen LogP contribution in [0.4, 0.5) is 22.3 Å². The van der Waals surface area contributed by atoms with Crippen LogP contribution in [-0.4, -0.2) is 35.9 Å². The number of nitrogen functional groups attached to an aromatic ring is 1. The lowest BCUT2D eigenvalue weighted by atomic mass is 10.1. The van der Waals surface area contributed by atoms with Crippen molar-refractivity contribution in [1.82, 2.24) is 24.9 Å². The van der Waals surface area contributed by atoms with Crippen molar-refractivity contribution in [1.29, 1.82) is 0 Å². The molecule has 5 aromatic rings. The molecule has 0 saturated heterocycles. The van der Waals surface area contributed by atoms with Crippen LogP contribution in [0.25, 0.3) is 22.2 Å². The summed E-state index contributed by atoms with van der Waals surface area (Å²) in [5.41, 5.74) is 11.3. The third-order valence-corrected chi connectivity index (χ3v) is 6.81. The third-order valence-electron chi connectivity index (χ3n) is 5.83. The maximum atomic E-state index is 12.9. The summed E-state index contributed by atoms with van der Waals surface area (Å²) in [5, 5.41) is 24.4. The quantitative estimate of drug-likeness (QED) is 0.222. The first-order chi connectivity index (χ1) is 18.3. The van der Waals surface area contributed by atoms with Crippen molar-refractivity contribution in [3.63, 3.8) is 0 Å². The topological polar surface area (TPSA) is 157 Å². The van der Waals surface area contributed by atoms with Crippen molar-refractivity contribution in [2.45, 2.75) is 33.9 Å². The molecule has 3 heterocycles. The maximum Gasteiger partial charge on any atom is 0.273 e. The molecule has 0 bridgehead atoms. The van der Waals surface area contributed by atoms with Gasteiger partial charge in [0.25, 0.3) is 11.8 Å². The number of nitrogens with two attached hydrogens (primary N) is 1. The maximum absolute atomic E-state index is 12.9. The standard InChI is InChI=1S/C26H26N8O3S/c1-4-34-20(11-15(3)32-34)24(36)28-18-8-5-14(2)19(12-18)23-31-25(37-33-23)21-22(27)30-26(38-21)29-17-9-6-16(13-35)7-10-17/h5-12,35H,4,13,27H2,1-3H3,(H,28,36)(H,29,30). The number of amides is 1. The van der Waals surface area contributed by atoms with Gasteiger partial charge in [0.15, 0.2) is 5.13 Å². The fourth-order valence-electron chi connectivity index (χ4n) is 3.89. The molecular formula is C26H26N8O3S. The van der Waals surface area contributed by atoms with Crippen LogP contribution < -0.4 is 16.4 Å². The van der Waals surface area contributed by atoms with Crippen LogP contribution in [0.2, 0.25) is 0 Å². The lowest BCUT2D eigenvalue weighted by molar-refractivity contribution is 0.101. The first-order valence-electron chi connectivity index (χ1n) is 11.9. The van der Waals surface area contributed by atoms with Crippen LogP contribution in [-0.2, 0) is 13.2 Å². The first kappa shape index (κ1) is 25.1. The van der Waals surface area contributed by atoms with Crippen molar-refractivity contribution in [3.8, 4) is 22.2 Å². The number of aliphatic hydroxyl groups is 1. The number of carbonyl (C=O) groups excluding carboxylic acids is 1. The van der Waals surface area contributed by atoms with E-state index in [0.29, 0.717) is 39.3 Å². The molecule has 5 N–H and O–H groups in total. The summed E-state index contributed by atoms with van der Waals surface area (Å²) in [6, 6.07) is 14.6. The minimum atomic E-state index is -0.250. The number of aromatic nitrogens is 5. The Morgan fingerprint density at radius 3 is 2.61 bits per heavy atom. The molecule has 0 spiro atoms. The van der Waals surface area contributed by atoms with Crippen LogP contribution in [0, 0.1) is 13.8 Å². The molecule has 0 fully saturated rings. The third kappa shape index (κ3) is 5.12. The van der Waals surface area contributed by atoms with Crippen LogP contribution in [0.5, 0.6) is 0 Å². The zero-order valence-electron chi connectivity index (χ0n) is 21.0. The summed E-state index contributed by atoms with van der Waals surface area (Å²) in [6.07, 6.45) is 0. The molecule has 38 heavy (non-hydrogen) atoms. The number of aliphatic hydroxyl groups excluding tert-OH is 1. The molecule has 5 rings (SSSR count). The van der Waals surface area contributed by atoms with Crippen LogP contribution in [0.15, 0.2) is 53.1 Å². The summed E-state index contributed by atoms with van der Waals surface area (Å²) in [5.74, 6) is 0.625. The van der Waals surface area contributed by atoms with E-state index in [0.717, 1.165) is 22.5 Å². The minimum absolute atomic E-state index is 0.0208. The largest absolute Gasteiger partial charge is 0.392 e. The van der Waals surface area contributed by atoms with Gasteiger partial charge in [-0.15, -0.1) is 0 Å². The average Bonchev–Trinajstić information content (AvgIpc) is 3.63. The molecular weight excluding hydrogens is 504 g/mol. The van der Waals surface area contributed by atoms with Crippen molar-refractivity contribution < 1.29 is 14.4 Å². The number of rotatable bonds is 8. The normalized spacial score (nSPS) is 11.1. The van der Waals surface area contributed by atoms with E-state index < -0.39 is 0 Å². The Bertz CT molecular complexity index is 1600. The smallest absolute Gasteiger partial charge is 0.273 e. The summed E-state index contributed by atoms with van der Waals surface area (Å²) in [4.78, 5) is 22.3. The molecule has 12 heteroatoms. The molecule has 3 aromatic heterocycles. The van der Waals surface area contributed by atoms with Crippen molar-refractivity contribution in [2.24, 2.45) is 0 Å². The van der Waals surface area contributed by atoms with Gasteiger partial charge < -0.3 is 26.0 Å². The second kappa shape index (κ2) is 10.4. The van der Waals surface area contributed by atoms with Gasteiger partial charge in [0, 0.05) is 23.5 Å². The lowest BCUT2D eigenvalue weighted by Gasteiger charge is -2.09. The van der Waals surface area contributed by atoms with Gasteiger partial charge in [0.2, 0.25) is 5.82 Å². The second-order valence-corrected chi connectivity index (χ2v) is 9.61. The lowest BCUT2D eigenvalue weighted by Crippen LogP contribution is -2.17. The van der Waals surface area contributed by atoms with Crippen molar-refractivity contribution >= 4 is 39.6 Å². The van der Waals surface area contributed by atoms with Gasteiger partial charge in [-0.3, -0.25) is 9.48 Å². The summed E-state index contributed by atoms with van der Waals surface area (Å²) >= 11 is 1.29. The number of hydrogen-bond acceptors (Lipinski definition) is 10. The highest BCUT2D eigenvalue weighted by molar-refractivity contribution is 7.19. The molecule has 2 aromatic carbocycles. The number of aryl methyl sites for hydroxylation is 3. The Balaban J connectivity index is 1.36. The zero-order valence-corrected chi connectivity index (χ0v) is 21.8. The van der Waals surface area contributed by atoms with E-state index in [-0.39, 0.29) is 24.2 Å². The van der Waals surface area contributed by atoms with Gasteiger partial charge in [-0.1, -0.05) is 34.7 Å². The Hall–Kier alpha value is -4.55. The molecule has 194 valence electrons. The summed E-state index contributed by atoms with van der Waals surface area (Å²) in [7, 11) is 0. The molecule has 11 nitrogen and oxygen atoms in total. The van der Waals surface area contributed by atoms with E-state index in [2.05, 4.69) is 30.9 Å². The van der Waals surface area contributed by atoms with Crippen LogP contribution in [0.1, 0.15) is 34.2 Å². The number of nitrogens with zero attached hydrogens (tertiary/aromatic N) is 5. The predicted molar refractivity (Wildman–Crippen MR) is 146 cm³/mol. The molecule has 0 radical (unpaired) electrons. The Morgan fingerprint density at radius 1 is 1.11 bits per heavy atom. The van der Waals surface area contributed by atoms with E-state index in [4.69, 9.17) is 10.3 Å². The number of benzene rings is 2. The number of thiazole rings is 1. The Kier molecular flexibility index (Phi) is 6.90. The fourth-order valence-corrected chi connectivity index (χ4v) is 4.71. The second-order valence-electron chi connectivity index (χ2n) is 8.61. The fraction of sp³-hybridized carbons (Fsp3) is 0.192. The van der Waals surface area contributed by atoms with E-state index in [9.17, 15) is 9.90 Å². The highest BCUT2D eigenvalue weighted by Crippen LogP contribution is 2.36. The van der Waals surface area contributed by atoms with E-state index in [1.165, 1.54) is 11.3 Å². The van der Waals surface area contributed by atoms with Gasteiger partial charge in [-0.05, 0) is 62.2 Å². The van der Waals surface area contributed by atoms with Gasteiger partial charge in [0.05, 0.1) is 12.3 Å².